The van der Waals surface area contributed by atoms with E-state index in [1.165, 1.54) is 23.9 Å². The molecule has 2 aromatic heterocycles. The molecule has 0 fully saturated rings. The fourth-order valence-electron chi connectivity index (χ4n) is 2.73. The summed E-state index contributed by atoms with van der Waals surface area (Å²) in [6.45, 7) is 0. The first-order valence-corrected chi connectivity index (χ1v) is 9.17. The highest BCUT2D eigenvalue weighted by atomic mass is 32.2. The average molecular weight is 396 g/mol. The molecule has 0 spiro atoms. The summed E-state index contributed by atoms with van der Waals surface area (Å²) in [5.74, 6) is -0.796. The van der Waals surface area contributed by atoms with Gasteiger partial charge in [-0.3, -0.25) is 9.20 Å². The molecule has 1 N–H and O–H groups in total. The lowest BCUT2D eigenvalue weighted by atomic mass is 10.1. The predicted octanol–water partition coefficient (Wildman–Crippen LogP) is 4.19. The van der Waals surface area contributed by atoms with Crippen LogP contribution >= 0.6 is 11.8 Å². The quantitative estimate of drug-likeness (QED) is 0.562. The van der Waals surface area contributed by atoms with Crippen LogP contribution in [0, 0.1) is 11.6 Å². The van der Waals surface area contributed by atoms with Crippen molar-refractivity contribution in [1.29, 1.82) is 0 Å². The van der Waals surface area contributed by atoms with Gasteiger partial charge in [0.2, 0.25) is 0 Å². The zero-order valence-corrected chi connectivity index (χ0v) is 15.5. The Bertz CT molecular complexity index is 1170. The van der Waals surface area contributed by atoms with Crippen LogP contribution in [0.2, 0.25) is 0 Å². The molecule has 4 rings (SSSR count). The summed E-state index contributed by atoms with van der Waals surface area (Å²) in [6.07, 6.45) is 1.80. The van der Waals surface area contributed by atoms with Crippen molar-refractivity contribution in [2.45, 2.75) is 9.79 Å². The molecule has 140 valence electrons. The van der Waals surface area contributed by atoms with Crippen LogP contribution in [0.4, 0.5) is 8.78 Å². The fraction of sp³-hybridized carbons (Fsp3) is 0.0500. The SMILES string of the molecule is CNC(=O)c1ccc(-c2nnc3ccc(Sc4ccc(F)cc4F)cn23)cc1. The van der Waals surface area contributed by atoms with Crippen molar-refractivity contribution >= 4 is 23.3 Å². The molecule has 2 heterocycles. The Hall–Kier alpha value is -3.26. The van der Waals surface area contributed by atoms with Gasteiger partial charge < -0.3 is 5.32 Å². The van der Waals surface area contributed by atoms with E-state index in [2.05, 4.69) is 15.5 Å². The first kappa shape index (κ1) is 18.1. The maximum atomic E-state index is 13.9. The average Bonchev–Trinajstić information content (AvgIpc) is 3.13. The van der Waals surface area contributed by atoms with Crippen molar-refractivity contribution < 1.29 is 13.6 Å². The highest BCUT2D eigenvalue weighted by Crippen LogP contribution is 2.31. The van der Waals surface area contributed by atoms with E-state index in [0.717, 1.165) is 16.5 Å². The van der Waals surface area contributed by atoms with Gasteiger partial charge >= 0.3 is 0 Å². The van der Waals surface area contributed by atoms with E-state index in [1.807, 2.05) is 0 Å². The standard InChI is InChI=1S/C20H14F2N4OS/c1-23-20(27)13-4-2-12(3-5-13)19-25-24-18-9-7-15(11-26(18)19)28-17-8-6-14(21)10-16(17)22/h2-11H,1H3,(H,23,27). The number of nitrogens with zero attached hydrogens (tertiary/aromatic N) is 3. The van der Waals surface area contributed by atoms with Gasteiger partial charge in [0.05, 0.1) is 0 Å². The van der Waals surface area contributed by atoms with E-state index < -0.39 is 11.6 Å². The van der Waals surface area contributed by atoms with Crippen molar-refractivity contribution in [3.63, 3.8) is 0 Å². The number of benzene rings is 2. The number of hydrogen-bond acceptors (Lipinski definition) is 4. The third kappa shape index (κ3) is 3.46. The molecule has 0 bridgehead atoms. The largest absolute Gasteiger partial charge is 0.355 e. The topological polar surface area (TPSA) is 59.3 Å². The molecule has 0 unspecified atom stereocenters. The Morgan fingerprint density at radius 2 is 1.82 bits per heavy atom. The molecule has 0 aliphatic heterocycles. The van der Waals surface area contributed by atoms with Crippen molar-refractivity contribution in [2.75, 3.05) is 7.05 Å². The second-order valence-corrected chi connectivity index (χ2v) is 7.07. The first-order valence-electron chi connectivity index (χ1n) is 8.35. The van der Waals surface area contributed by atoms with Gasteiger partial charge in [0.25, 0.3) is 5.91 Å². The number of amides is 1. The molecular weight excluding hydrogens is 382 g/mol. The van der Waals surface area contributed by atoms with Crippen LogP contribution in [0.3, 0.4) is 0 Å². The minimum absolute atomic E-state index is 0.169. The Morgan fingerprint density at radius 3 is 2.54 bits per heavy atom. The Labute approximate surface area is 163 Å². The minimum atomic E-state index is -0.612. The van der Waals surface area contributed by atoms with Gasteiger partial charge in [0.1, 0.15) is 11.6 Å². The number of hydrogen-bond donors (Lipinski definition) is 1. The maximum absolute atomic E-state index is 13.9. The van der Waals surface area contributed by atoms with Crippen LogP contribution in [-0.2, 0) is 0 Å². The summed E-state index contributed by atoms with van der Waals surface area (Å²) < 4.78 is 28.8. The molecule has 8 heteroatoms. The van der Waals surface area contributed by atoms with Crippen LogP contribution in [0.15, 0.2) is 70.6 Å². The van der Waals surface area contributed by atoms with Crippen molar-refractivity contribution in [1.82, 2.24) is 19.9 Å². The molecule has 0 radical (unpaired) electrons. The van der Waals surface area contributed by atoms with Crippen molar-refractivity contribution in [2.24, 2.45) is 0 Å². The number of carbonyl (C=O) groups is 1. The van der Waals surface area contributed by atoms with E-state index in [-0.39, 0.29) is 5.91 Å². The number of carbonyl (C=O) groups excluding carboxylic acids is 1. The van der Waals surface area contributed by atoms with Crippen LogP contribution in [0.1, 0.15) is 10.4 Å². The van der Waals surface area contributed by atoms with E-state index >= 15 is 0 Å². The van der Waals surface area contributed by atoms with Crippen molar-refractivity contribution in [3.8, 4) is 11.4 Å². The monoisotopic (exact) mass is 396 g/mol. The molecule has 0 aliphatic rings. The van der Waals surface area contributed by atoms with Crippen LogP contribution in [0.25, 0.3) is 17.0 Å². The first-order chi connectivity index (χ1) is 13.5. The number of halogens is 2. The van der Waals surface area contributed by atoms with Gasteiger partial charge in [-0.05, 0) is 36.4 Å². The summed E-state index contributed by atoms with van der Waals surface area (Å²) in [5.41, 5.74) is 1.97. The lowest BCUT2D eigenvalue weighted by Crippen LogP contribution is -2.17. The molecule has 0 saturated carbocycles. The zero-order valence-electron chi connectivity index (χ0n) is 14.7. The lowest BCUT2D eigenvalue weighted by Gasteiger charge is -2.06. The highest BCUT2D eigenvalue weighted by molar-refractivity contribution is 7.99. The molecule has 5 nitrogen and oxygen atoms in total. The smallest absolute Gasteiger partial charge is 0.251 e. The number of fused-ring (bicyclic) bond motifs is 1. The van der Waals surface area contributed by atoms with Crippen LogP contribution < -0.4 is 5.32 Å². The number of rotatable bonds is 4. The Balaban J connectivity index is 1.69. The zero-order chi connectivity index (χ0) is 19.7. The van der Waals surface area contributed by atoms with E-state index in [4.69, 9.17) is 0 Å². The minimum Gasteiger partial charge on any atom is -0.355 e. The maximum Gasteiger partial charge on any atom is 0.251 e. The van der Waals surface area contributed by atoms with Crippen LogP contribution in [0.5, 0.6) is 0 Å². The molecule has 0 atom stereocenters. The van der Waals surface area contributed by atoms with E-state index in [1.54, 1.807) is 54.0 Å². The Morgan fingerprint density at radius 1 is 1.04 bits per heavy atom. The van der Waals surface area contributed by atoms with E-state index in [0.29, 0.717) is 21.9 Å². The second-order valence-electron chi connectivity index (χ2n) is 5.95. The summed E-state index contributed by atoms with van der Waals surface area (Å²) in [7, 11) is 1.57. The summed E-state index contributed by atoms with van der Waals surface area (Å²) in [5, 5.41) is 10.9. The van der Waals surface area contributed by atoms with Gasteiger partial charge in [-0.2, -0.15) is 0 Å². The molecular formula is C20H14F2N4OS. The molecule has 28 heavy (non-hydrogen) atoms. The lowest BCUT2D eigenvalue weighted by molar-refractivity contribution is 0.0963. The van der Waals surface area contributed by atoms with Gasteiger partial charge in [-0.25, -0.2) is 8.78 Å². The summed E-state index contributed by atoms with van der Waals surface area (Å²) in [4.78, 5) is 12.8. The van der Waals surface area contributed by atoms with Gasteiger partial charge in [-0.1, -0.05) is 23.9 Å². The molecule has 0 aliphatic carbocycles. The van der Waals surface area contributed by atoms with Gasteiger partial charge in [0, 0.05) is 40.2 Å². The predicted molar refractivity (Wildman–Crippen MR) is 102 cm³/mol. The van der Waals surface area contributed by atoms with Crippen molar-refractivity contribution in [3.05, 3.63) is 78.0 Å². The summed E-state index contributed by atoms with van der Waals surface area (Å²) in [6, 6.07) is 14.1. The molecule has 4 aromatic rings. The third-order valence-corrected chi connectivity index (χ3v) is 5.16. The normalized spacial score (nSPS) is 11.0. The van der Waals surface area contributed by atoms with Crippen LogP contribution in [-0.4, -0.2) is 27.6 Å². The van der Waals surface area contributed by atoms with Gasteiger partial charge in [-0.15, -0.1) is 10.2 Å². The number of nitrogens with one attached hydrogen (secondary N) is 1. The van der Waals surface area contributed by atoms with Gasteiger partial charge in [0.15, 0.2) is 11.5 Å². The highest BCUT2D eigenvalue weighted by Gasteiger charge is 2.12. The van der Waals surface area contributed by atoms with E-state index in [9.17, 15) is 13.6 Å². The number of pyridine rings is 1. The fourth-order valence-corrected chi connectivity index (χ4v) is 3.57. The molecule has 1 amide bonds. The second kappa shape index (κ2) is 7.40. The summed E-state index contributed by atoms with van der Waals surface area (Å²) >= 11 is 1.18. The molecule has 2 aromatic carbocycles. The number of aromatic nitrogens is 3. The third-order valence-electron chi connectivity index (χ3n) is 4.13. The Kier molecular flexibility index (Phi) is 4.79. The molecule has 0 saturated heterocycles.